The summed E-state index contributed by atoms with van der Waals surface area (Å²) in [7, 11) is 0. The van der Waals surface area contributed by atoms with Crippen molar-refractivity contribution in [1.29, 1.82) is 0 Å². The van der Waals surface area contributed by atoms with Crippen LogP contribution in [0.15, 0.2) is 18.7 Å². The molecule has 0 saturated carbocycles. The van der Waals surface area contributed by atoms with Crippen molar-refractivity contribution in [2.45, 2.75) is 45.8 Å². The van der Waals surface area contributed by atoms with Crippen LogP contribution in [0.2, 0.25) is 0 Å². The summed E-state index contributed by atoms with van der Waals surface area (Å²) >= 11 is 0. The Balaban J connectivity index is 2.09. The number of aromatic nitrogens is 2. The lowest BCUT2D eigenvalue weighted by atomic mass is 10.1. The van der Waals surface area contributed by atoms with Crippen LogP contribution in [0, 0.1) is 0 Å². The van der Waals surface area contributed by atoms with E-state index in [0.29, 0.717) is 6.04 Å². The van der Waals surface area contributed by atoms with Crippen LogP contribution in [0.5, 0.6) is 0 Å². The third kappa shape index (κ3) is 5.88. The van der Waals surface area contributed by atoms with E-state index in [0.717, 1.165) is 19.6 Å². The Labute approximate surface area is 98.5 Å². The van der Waals surface area contributed by atoms with Crippen LogP contribution in [0.25, 0.3) is 0 Å². The highest BCUT2D eigenvalue weighted by atomic mass is 15.1. The number of hydrogen-bond acceptors (Lipinski definition) is 3. The van der Waals surface area contributed by atoms with E-state index in [9.17, 15) is 0 Å². The quantitative estimate of drug-likeness (QED) is 0.715. The van der Waals surface area contributed by atoms with Crippen molar-refractivity contribution in [3.8, 4) is 0 Å². The van der Waals surface area contributed by atoms with Crippen LogP contribution < -0.4 is 10.6 Å². The first-order chi connectivity index (χ1) is 7.47. The maximum atomic E-state index is 4.03. The Morgan fingerprint density at radius 1 is 1.31 bits per heavy atom. The predicted octanol–water partition coefficient (Wildman–Crippen LogP) is 1.25. The number of rotatable bonds is 6. The molecule has 0 spiro atoms. The molecule has 92 valence electrons. The molecule has 0 saturated heterocycles. The van der Waals surface area contributed by atoms with Crippen LogP contribution in [-0.2, 0) is 6.54 Å². The lowest BCUT2D eigenvalue weighted by Gasteiger charge is -2.21. The molecule has 0 radical (unpaired) electrons. The number of hydrogen-bond donors (Lipinski definition) is 2. The molecule has 2 N–H and O–H groups in total. The van der Waals surface area contributed by atoms with Gasteiger partial charge in [0.1, 0.15) is 0 Å². The highest BCUT2D eigenvalue weighted by Gasteiger charge is 2.07. The van der Waals surface area contributed by atoms with E-state index in [2.05, 4.69) is 47.9 Å². The van der Waals surface area contributed by atoms with Gasteiger partial charge in [0, 0.05) is 43.6 Å². The van der Waals surface area contributed by atoms with Gasteiger partial charge in [-0.15, -0.1) is 0 Å². The summed E-state index contributed by atoms with van der Waals surface area (Å²) in [6, 6.07) is 0.468. The standard InChI is InChI=1S/C12H24N4/c1-11(9-16-8-7-13-10-16)14-5-6-15-12(2,3)4/h7-8,10-11,14-15H,5-6,9H2,1-4H3. The molecule has 0 amide bonds. The van der Waals surface area contributed by atoms with Gasteiger partial charge in [-0.05, 0) is 27.7 Å². The number of imidazole rings is 1. The van der Waals surface area contributed by atoms with Gasteiger partial charge in [-0.25, -0.2) is 4.98 Å². The first kappa shape index (κ1) is 13.2. The fourth-order valence-corrected chi connectivity index (χ4v) is 1.53. The Hall–Kier alpha value is -0.870. The second kappa shape index (κ2) is 6.01. The minimum atomic E-state index is 0.204. The van der Waals surface area contributed by atoms with E-state index in [4.69, 9.17) is 0 Å². The summed E-state index contributed by atoms with van der Waals surface area (Å²) in [4.78, 5) is 4.03. The molecule has 4 nitrogen and oxygen atoms in total. The molecule has 16 heavy (non-hydrogen) atoms. The van der Waals surface area contributed by atoms with E-state index in [1.165, 1.54) is 0 Å². The summed E-state index contributed by atoms with van der Waals surface area (Å²) in [5.41, 5.74) is 0.204. The molecule has 1 atom stereocenters. The van der Waals surface area contributed by atoms with Crippen LogP contribution in [0.4, 0.5) is 0 Å². The van der Waals surface area contributed by atoms with Crippen molar-refractivity contribution in [3.63, 3.8) is 0 Å². The minimum Gasteiger partial charge on any atom is -0.336 e. The second-order valence-electron chi connectivity index (χ2n) is 5.29. The van der Waals surface area contributed by atoms with Crippen LogP contribution >= 0.6 is 0 Å². The van der Waals surface area contributed by atoms with Gasteiger partial charge >= 0.3 is 0 Å². The first-order valence-electron chi connectivity index (χ1n) is 5.91. The molecule has 0 aliphatic carbocycles. The molecule has 4 heteroatoms. The predicted molar refractivity (Wildman–Crippen MR) is 67.4 cm³/mol. The van der Waals surface area contributed by atoms with Crippen molar-refractivity contribution in [2.24, 2.45) is 0 Å². The number of nitrogens with zero attached hydrogens (tertiary/aromatic N) is 2. The summed E-state index contributed by atoms with van der Waals surface area (Å²) in [5, 5.41) is 6.94. The van der Waals surface area contributed by atoms with Crippen molar-refractivity contribution in [2.75, 3.05) is 13.1 Å². The fraction of sp³-hybridized carbons (Fsp3) is 0.750. The Morgan fingerprint density at radius 2 is 2.06 bits per heavy atom. The Kier molecular flexibility index (Phi) is 4.96. The molecular weight excluding hydrogens is 200 g/mol. The highest BCUT2D eigenvalue weighted by molar-refractivity contribution is 4.77. The molecule has 0 fully saturated rings. The van der Waals surface area contributed by atoms with E-state index >= 15 is 0 Å². The van der Waals surface area contributed by atoms with Crippen LogP contribution in [0.1, 0.15) is 27.7 Å². The molecule has 0 aromatic carbocycles. The smallest absolute Gasteiger partial charge is 0.0946 e. The normalized spacial score (nSPS) is 14.0. The van der Waals surface area contributed by atoms with Crippen LogP contribution in [0.3, 0.4) is 0 Å². The summed E-state index contributed by atoms with van der Waals surface area (Å²) in [6.45, 7) is 11.7. The topological polar surface area (TPSA) is 41.9 Å². The molecule has 1 unspecified atom stereocenters. The van der Waals surface area contributed by atoms with Gasteiger partial charge in [-0.1, -0.05) is 0 Å². The van der Waals surface area contributed by atoms with Gasteiger partial charge in [-0.2, -0.15) is 0 Å². The summed E-state index contributed by atoms with van der Waals surface area (Å²) < 4.78 is 2.09. The van der Waals surface area contributed by atoms with Gasteiger partial charge < -0.3 is 15.2 Å². The molecular formula is C12H24N4. The van der Waals surface area contributed by atoms with Crippen molar-refractivity contribution >= 4 is 0 Å². The lowest BCUT2D eigenvalue weighted by molar-refractivity contribution is 0.403. The molecule has 0 aliphatic rings. The first-order valence-corrected chi connectivity index (χ1v) is 5.91. The van der Waals surface area contributed by atoms with Gasteiger partial charge in [0.25, 0.3) is 0 Å². The van der Waals surface area contributed by atoms with E-state index in [-0.39, 0.29) is 5.54 Å². The molecule has 1 aromatic heterocycles. The zero-order valence-corrected chi connectivity index (χ0v) is 10.8. The van der Waals surface area contributed by atoms with Gasteiger partial charge in [-0.3, -0.25) is 0 Å². The van der Waals surface area contributed by atoms with Gasteiger partial charge in [0.15, 0.2) is 0 Å². The Morgan fingerprint density at radius 3 is 2.62 bits per heavy atom. The zero-order valence-electron chi connectivity index (χ0n) is 10.8. The zero-order chi connectivity index (χ0) is 12.0. The van der Waals surface area contributed by atoms with Gasteiger partial charge in [0.05, 0.1) is 6.33 Å². The van der Waals surface area contributed by atoms with E-state index < -0.39 is 0 Å². The average molecular weight is 224 g/mol. The highest BCUT2D eigenvalue weighted by Crippen LogP contribution is 1.96. The second-order valence-corrected chi connectivity index (χ2v) is 5.29. The lowest BCUT2D eigenvalue weighted by Crippen LogP contribution is -2.42. The molecule has 1 heterocycles. The van der Waals surface area contributed by atoms with Crippen molar-refractivity contribution in [1.82, 2.24) is 20.2 Å². The van der Waals surface area contributed by atoms with Crippen LogP contribution in [-0.4, -0.2) is 34.2 Å². The molecule has 1 aromatic rings. The fourth-order valence-electron chi connectivity index (χ4n) is 1.53. The monoisotopic (exact) mass is 224 g/mol. The van der Waals surface area contributed by atoms with Gasteiger partial charge in [0.2, 0.25) is 0 Å². The van der Waals surface area contributed by atoms with Crippen molar-refractivity contribution < 1.29 is 0 Å². The average Bonchev–Trinajstić information content (AvgIpc) is 2.63. The SMILES string of the molecule is CC(Cn1ccnc1)NCCNC(C)(C)C. The summed E-state index contributed by atoms with van der Waals surface area (Å²) in [6.07, 6.45) is 5.66. The molecule has 0 bridgehead atoms. The van der Waals surface area contributed by atoms with E-state index in [1.54, 1.807) is 0 Å². The summed E-state index contributed by atoms with van der Waals surface area (Å²) in [5.74, 6) is 0. The third-order valence-electron chi connectivity index (χ3n) is 2.32. The van der Waals surface area contributed by atoms with E-state index in [1.807, 2.05) is 18.7 Å². The van der Waals surface area contributed by atoms with Crippen molar-refractivity contribution in [3.05, 3.63) is 18.7 Å². The maximum absolute atomic E-state index is 4.03. The molecule has 0 aliphatic heterocycles. The Bertz CT molecular complexity index is 274. The largest absolute Gasteiger partial charge is 0.336 e. The molecule has 1 rings (SSSR count). The minimum absolute atomic E-state index is 0.204. The maximum Gasteiger partial charge on any atom is 0.0946 e. The third-order valence-corrected chi connectivity index (χ3v) is 2.32. The number of nitrogens with one attached hydrogen (secondary N) is 2.